The fraction of sp³-hybridized carbons (Fsp3) is 0.304. The lowest BCUT2D eigenvalue weighted by Crippen LogP contribution is -2.33. The summed E-state index contributed by atoms with van der Waals surface area (Å²) in [6, 6.07) is 10.2. The van der Waals surface area contributed by atoms with Gasteiger partial charge >= 0.3 is 0 Å². The van der Waals surface area contributed by atoms with Crippen LogP contribution in [-0.4, -0.2) is 32.3 Å². The van der Waals surface area contributed by atoms with Crippen LogP contribution in [0.15, 0.2) is 47.6 Å². The van der Waals surface area contributed by atoms with Crippen molar-refractivity contribution in [2.24, 2.45) is 5.92 Å². The van der Waals surface area contributed by atoms with Gasteiger partial charge in [0, 0.05) is 12.1 Å². The normalized spacial score (nSPS) is 12.0. The Hall–Kier alpha value is -2.62. The molecule has 2 N–H and O–H groups in total. The van der Waals surface area contributed by atoms with Gasteiger partial charge in [0.15, 0.2) is 11.0 Å². The number of amides is 2. The number of carbonyl (C=O) groups excluding carboxylic acids is 2. The molecule has 0 fully saturated rings. The Kier molecular flexibility index (Phi) is 8.93. The average molecular weight is 524 g/mol. The summed E-state index contributed by atoms with van der Waals surface area (Å²) in [5.41, 5.74) is 0.498. The van der Waals surface area contributed by atoms with Gasteiger partial charge in [-0.05, 0) is 43.2 Å². The molecule has 180 valence electrons. The van der Waals surface area contributed by atoms with E-state index < -0.39 is 11.9 Å². The molecule has 0 bridgehead atoms. The van der Waals surface area contributed by atoms with E-state index in [-0.39, 0.29) is 29.2 Å². The number of carbonyl (C=O) groups is 2. The second-order valence-electron chi connectivity index (χ2n) is 7.73. The minimum absolute atomic E-state index is 0.00317. The van der Waals surface area contributed by atoms with E-state index in [9.17, 15) is 14.0 Å². The lowest BCUT2D eigenvalue weighted by Gasteiger charge is -2.22. The minimum Gasteiger partial charge on any atom is -0.342 e. The van der Waals surface area contributed by atoms with Gasteiger partial charge in [0.1, 0.15) is 5.82 Å². The molecule has 3 aromatic rings. The third-order valence-electron chi connectivity index (χ3n) is 4.96. The van der Waals surface area contributed by atoms with Crippen LogP contribution in [-0.2, 0) is 11.3 Å². The molecule has 7 nitrogen and oxygen atoms in total. The van der Waals surface area contributed by atoms with Gasteiger partial charge in [-0.2, -0.15) is 0 Å². The first-order chi connectivity index (χ1) is 16.2. The van der Waals surface area contributed by atoms with Crippen LogP contribution >= 0.6 is 35.0 Å². The second kappa shape index (κ2) is 11.7. The van der Waals surface area contributed by atoms with E-state index in [0.29, 0.717) is 33.1 Å². The molecule has 0 aliphatic carbocycles. The van der Waals surface area contributed by atoms with E-state index in [0.717, 1.165) is 0 Å². The standard InChI is InChI=1S/C23H24Cl2FN5O2S/c1-4-31-21(20(13(2)3)28-22(33)14-9-10-15(24)16(25)11-14)29-30-23(31)34-12-19(32)27-18-8-6-5-7-17(18)26/h5-11,13,20H,4,12H2,1-3H3,(H,27,32)(H,28,33)/t20-/m0/s1. The largest absolute Gasteiger partial charge is 0.342 e. The zero-order valence-electron chi connectivity index (χ0n) is 18.8. The molecule has 0 saturated heterocycles. The number of halogens is 3. The molecule has 1 aromatic heterocycles. The van der Waals surface area contributed by atoms with Crippen molar-refractivity contribution in [3.8, 4) is 0 Å². The molecule has 0 spiro atoms. The highest BCUT2D eigenvalue weighted by atomic mass is 35.5. The predicted octanol–water partition coefficient (Wildman–Crippen LogP) is 5.60. The quantitative estimate of drug-likeness (QED) is 0.356. The lowest BCUT2D eigenvalue weighted by molar-refractivity contribution is -0.113. The average Bonchev–Trinajstić information content (AvgIpc) is 3.21. The minimum atomic E-state index is -0.502. The van der Waals surface area contributed by atoms with Gasteiger partial charge in [0.25, 0.3) is 5.91 Å². The van der Waals surface area contributed by atoms with E-state index in [1.165, 1.54) is 30.0 Å². The molecule has 0 unspecified atom stereocenters. The SMILES string of the molecule is CCn1c(SCC(=O)Nc2ccccc2F)nnc1[C@@H](NC(=O)c1ccc(Cl)c(Cl)c1)C(C)C. The summed E-state index contributed by atoms with van der Waals surface area (Å²) < 4.78 is 15.6. The van der Waals surface area contributed by atoms with E-state index in [1.807, 2.05) is 25.3 Å². The number of hydrogen-bond donors (Lipinski definition) is 2. The van der Waals surface area contributed by atoms with Gasteiger partial charge in [0.2, 0.25) is 5.91 Å². The molecule has 2 aromatic carbocycles. The Labute approximate surface area is 211 Å². The number of aromatic nitrogens is 3. The summed E-state index contributed by atoms with van der Waals surface area (Å²) in [5, 5.41) is 15.2. The zero-order chi connectivity index (χ0) is 24.8. The molecule has 0 aliphatic heterocycles. The van der Waals surface area contributed by atoms with Gasteiger partial charge in [0.05, 0.1) is 27.5 Å². The van der Waals surface area contributed by atoms with Gasteiger partial charge in [-0.25, -0.2) is 4.39 Å². The molecular formula is C23H24Cl2FN5O2S. The number of nitrogens with one attached hydrogen (secondary N) is 2. The maximum atomic E-state index is 13.8. The molecule has 1 atom stereocenters. The molecule has 3 rings (SSSR count). The highest BCUT2D eigenvalue weighted by Gasteiger charge is 2.26. The number of anilines is 1. The molecule has 1 heterocycles. The summed E-state index contributed by atoms with van der Waals surface area (Å²) in [6.07, 6.45) is 0. The second-order valence-corrected chi connectivity index (χ2v) is 9.48. The highest BCUT2D eigenvalue weighted by Crippen LogP contribution is 2.27. The van der Waals surface area contributed by atoms with Crippen molar-refractivity contribution in [2.75, 3.05) is 11.1 Å². The molecule has 0 saturated carbocycles. The van der Waals surface area contributed by atoms with Crippen molar-refractivity contribution in [3.63, 3.8) is 0 Å². The predicted molar refractivity (Wildman–Crippen MR) is 133 cm³/mol. The van der Waals surface area contributed by atoms with Gasteiger partial charge in [-0.3, -0.25) is 9.59 Å². The number of thioether (sulfide) groups is 1. The van der Waals surface area contributed by atoms with Crippen LogP contribution in [0.3, 0.4) is 0 Å². The highest BCUT2D eigenvalue weighted by molar-refractivity contribution is 7.99. The monoisotopic (exact) mass is 523 g/mol. The summed E-state index contributed by atoms with van der Waals surface area (Å²) in [6.45, 7) is 6.38. The van der Waals surface area contributed by atoms with Crippen molar-refractivity contribution in [3.05, 3.63) is 69.7 Å². The molecule has 0 radical (unpaired) electrons. The first kappa shape index (κ1) is 26.0. The van der Waals surface area contributed by atoms with E-state index in [4.69, 9.17) is 23.2 Å². The third-order valence-corrected chi connectivity index (χ3v) is 6.66. The van der Waals surface area contributed by atoms with Crippen molar-refractivity contribution in [1.82, 2.24) is 20.1 Å². The molecule has 0 aliphatic rings. The van der Waals surface area contributed by atoms with Crippen molar-refractivity contribution >= 4 is 52.5 Å². The van der Waals surface area contributed by atoms with E-state index in [1.54, 1.807) is 24.3 Å². The molecule has 11 heteroatoms. The van der Waals surface area contributed by atoms with E-state index in [2.05, 4.69) is 20.8 Å². The summed E-state index contributed by atoms with van der Waals surface area (Å²) in [4.78, 5) is 25.2. The summed E-state index contributed by atoms with van der Waals surface area (Å²) in [7, 11) is 0. The Morgan fingerprint density at radius 1 is 1.12 bits per heavy atom. The van der Waals surface area contributed by atoms with Crippen LogP contribution in [0, 0.1) is 11.7 Å². The lowest BCUT2D eigenvalue weighted by atomic mass is 10.0. The van der Waals surface area contributed by atoms with Gasteiger partial charge in [-0.15, -0.1) is 10.2 Å². The van der Waals surface area contributed by atoms with Crippen LogP contribution < -0.4 is 10.6 Å². The van der Waals surface area contributed by atoms with Crippen LogP contribution in [0.5, 0.6) is 0 Å². The Bertz CT molecular complexity index is 1190. The number of nitrogens with zero attached hydrogens (tertiary/aromatic N) is 3. The van der Waals surface area contributed by atoms with Crippen molar-refractivity contribution in [2.45, 2.75) is 38.5 Å². The number of benzene rings is 2. The van der Waals surface area contributed by atoms with Crippen LogP contribution in [0.1, 0.15) is 43.0 Å². The summed E-state index contributed by atoms with van der Waals surface area (Å²) >= 11 is 13.2. The Balaban J connectivity index is 1.73. The number of hydrogen-bond acceptors (Lipinski definition) is 5. The van der Waals surface area contributed by atoms with Crippen molar-refractivity contribution in [1.29, 1.82) is 0 Å². The Morgan fingerprint density at radius 2 is 1.85 bits per heavy atom. The van der Waals surface area contributed by atoms with E-state index >= 15 is 0 Å². The molecule has 2 amide bonds. The fourth-order valence-electron chi connectivity index (χ4n) is 3.20. The van der Waals surface area contributed by atoms with Gasteiger partial charge < -0.3 is 15.2 Å². The smallest absolute Gasteiger partial charge is 0.251 e. The first-order valence-corrected chi connectivity index (χ1v) is 12.3. The van der Waals surface area contributed by atoms with Crippen LogP contribution in [0.25, 0.3) is 0 Å². The maximum absolute atomic E-state index is 13.8. The number of rotatable bonds is 9. The topological polar surface area (TPSA) is 88.9 Å². The summed E-state index contributed by atoms with van der Waals surface area (Å²) in [5.74, 6) is -0.588. The zero-order valence-corrected chi connectivity index (χ0v) is 21.1. The number of para-hydroxylation sites is 1. The van der Waals surface area contributed by atoms with Crippen molar-refractivity contribution < 1.29 is 14.0 Å². The fourth-order valence-corrected chi connectivity index (χ4v) is 4.31. The van der Waals surface area contributed by atoms with Crippen LogP contribution in [0.4, 0.5) is 10.1 Å². The maximum Gasteiger partial charge on any atom is 0.251 e. The molecular weight excluding hydrogens is 500 g/mol. The van der Waals surface area contributed by atoms with Gasteiger partial charge in [-0.1, -0.05) is 60.9 Å². The third kappa shape index (κ3) is 6.28. The van der Waals surface area contributed by atoms with Crippen LogP contribution in [0.2, 0.25) is 10.0 Å². The molecule has 34 heavy (non-hydrogen) atoms. The Morgan fingerprint density at radius 3 is 2.50 bits per heavy atom. The first-order valence-electron chi connectivity index (χ1n) is 10.6.